The fourth-order valence-corrected chi connectivity index (χ4v) is 2.21. The van der Waals surface area contributed by atoms with Crippen LogP contribution in [0.3, 0.4) is 0 Å². The van der Waals surface area contributed by atoms with Gasteiger partial charge in [-0.05, 0) is 12.1 Å². The Kier molecular flexibility index (Phi) is 2.04. The summed E-state index contributed by atoms with van der Waals surface area (Å²) in [5.41, 5.74) is 3.63. The van der Waals surface area contributed by atoms with Crippen molar-refractivity contribution in [1.29, 1.82) is 0 Å². The molecular weight excluding hydrogens is 268 g/mol. The lowest BCUT2D eigenvalue weighted by molar-refractivity contribution is 0.364. The van der Waals surface area contributed by atoms with Gasteiger partial charge in [0.1, 0.15) is 10.7 Å². The average molecular weight is 272 g/mol. The zero-order chi connectivity index (χ0) is 12.1. The highest BCUT2D eigenvalue weighted by molar-refractivity contribution is 8.45. The molecule has 0 spiro atoms. The largest absolute Gasteiger partial charge is 0.395 e. The monoisotopic (exact) mass is 271 g/mol. The third-order valence-electron chi connectivity index (χ3n) is 1.51. The van der Waals surface area contributed by atoms with E-state index in [2.05, 4.69) is 0 Å². The van der Waals surface area contributed by atoms with E-state index in [9.17, 15) is 23.8 Å². The Morgan fingerprint density at radius 1 is 1.07 bits per heavy atom. The van der Waals surface area contributed by atoms with Crippen LogP contribution in [0.2, 0.25) is 5.02 Å². The minimum absolute atomic E-state index is 0.129. The number of benzene rings is 1. The van der Waals surface area contributed by atoms with Crippen LogP contribution in [0.25, 0.3) is 0 Å². The van der Waals surface area contributed by atoms with E-state index in [0.717, 1.165) is 0 Å². The van der Waals surface area contributed by atoms with Crippen LogP contribution in [-0.2, 0) is 0 Å². The second kappa shape index (κ2) is 2.49. The lowest BCUT2D eigenvalue weighted by Gasteiger charge is -2.41. The van der Waals surface area contributed by atoms with Crippen molar-refractivity contribution in [1.82, 2.24) is 0 Å². The first kappa shape index (κ1) is 12.3. The molecule has 1 aromatic carbocycles. The summed E-state index contributed by atoms with van der Waals surface area (Å²) in [5.74, 6) is -1.29. The Bertz CT molecular complexity index is 426. The molecule has 0 saturated heterocycles. The number of halogens is 7. The van der Waals surface area contributed by atoms with Crippen molar-refractivity contribution in [3.63, 3.8) is 0 Å². The number of nitrogens with two attached hydrogens (primary N) is 1. The van der Waals surface area contributed by atoms with Crippen LogP contribution in [-0.4, -0.2) is 0 Å². The topological polar surface area (TPSA) is 26.0 Å². The molecule has 0 aromatic heterocycles. The van der Waals surface area contributed by atoms with E-state index in [4.69, 9.17) is 17.3 Å². The van der Waals surface area contributed by atoms with Crippen molar-refractivity contribution in [2.24, 2.45) is 0 Å². The molecular formula is C6H4ClF6NS. The van der Waals surface area contributed by atoms with Gasteiger partial charge >= 0.3 is 10.2 Å². The number of hydrogen-bond acceptors (Lipinski definition) is 1. The molecule has 0 unspecified atom stereocenters. The molecule has 1 rings (SSSR count). The summed E-state index contributed by atoms with van der Waals surface area (Å²) < 4.78 is 73.9. The van der Waals surface area contributed by atoms with E-state index >= 15 is 0 Å². The average Bonchev–Trinajstić information content (AvgIpc) is 1.94. The molecule has 0 bridgehead atoms. The lowest BCUT2D eigenvalue weighted by Crippen LogP contribution is -2.08. The van der Waals surface area contributed by atoms with Gasteiger partial charge < -0.3 is 5.73 Å². The fourth-order valence-electron chi connectivity index (χ4n) is 0.847. The Hall–Kier alpha value is -0.760. The standard InChI is InChI=1S/C6H4ClF6NS/c7-5-4(15(9,10,11,12)13)2-1-3(8)6(5)14/h1-2H,14H2. The first-order valence-corrected chi connectivity index (χ1v) is 5.63. The molecule has 0 aliphatic heterocycles. The summed E-state index contributed by atoms with van der Waals surface area (Å²) in [6.07, 6.45) is 0. The van der Waals surface area contributed by atoms with Crippen LogP contribution >= 0.6 is 21.8 Å². The molecule has 0 aliphatic carbocycles. The van der Waals surface area contributed by atoms with Crippen molar-refractivity contribution in [2.45, 2.75) is 4.90 Å². The van der Waals surface area contributed by atoms with E-state index in [1.54, 1.807) is 0 Å². The van der Waals surface area contributed by atoms with E-state index in [0.29, 0.717) is 0 Å². The minimum Gasteiger partial charge on any atom is -0.395 e. The number of nitrogen functional groups attached to an aromatic ring is 1. The first-order chi connectivity index (χ1) is 6.33. The zero-order valence-corrected chi connectivity index (χ0v) is 8.36. The van der Waals surface area contributed by atoms with Gasteiger partial charge in [0.25, 0.3) is 0 Å². The van der Waals surface area contributed by atoms with Gasteiger partial charge in [-0.15, -0.1) is 0 Å². The summed E-state index contributed by atoms with van der Waals surface area (Å²) in [4.78, 5) is -2.38. The predicted octanol–water partition coefficient (Wildman–Crippen LogP) is 4.72. The summed E-state index contributed by atoms with van der Waals surface area (Å²) in [6.45, 7) is 0. The van der Waals surface area contributed by atoms with Gasteiger partial charge in [0.2, 0.25) is 0 Å². The van der Waals surface area contributed by atoms with Crippen LogP contribution in [0.5, 0.6) is 0 Å². The van der Waals surface area contributed by atoms with Crippen LogP contribution in [0.1, 0.15) is 0 Å². The molecule has 0 fully saturated rings. The molecule has 9 heteroatoms. The van der Waals surface area contributed by atoms with Gasteiger partial charge in [-0.1, -0.05) is 31.0 Å². The van der Waals surface area contributed by atoms with Gasteiger partial charge in [0, 0.05) is 0 Å². The number of anilines is 1. The fraction of sp³-hybridized carbons (Fsp3) is 0. The van der Waals surface area contributed by atoms with Gasteiger partial charge in [0.05, 0.1) is 10.7 Å². The molecule has 0 heterocycles. The highest BCUT2D eigenvalue weighted by atomic mass is 35.5. The van der Waals surface area contributed by atoms with Crippen LogP contribution < -0.4 is 5.73 Å². The second-order valence-electron chi connectivity index (χ2n) is 2.74. The molecule has 1 aromatic rings. The number of hydrogen-bond donors (Lipinski definition) is 1. The molecule has 1 nitrogen and oxygen atoms in total. The summed E-state index contributed by atoms with van der Waals surface area (Å²) in [5, 5.41) is -1.52. The molecule has 0 aliphatic rings. The predicted molar refractivity (Wildman–Crippen MR) is 47.2 cm³/mol. The Balaban J connectivity index is 3.64. The highest BCUT2D eigenvalue weighted by Gasteiger charge is 2.66. The summed E-state index contributed by atoms with van der Waals surface area (Å²) in [7, 11) is -9.92. The lowest BCUT2D eigenvalue weighted by atomic mass is 10.3. The maximum Gasteiger partial charge on any atom is 0.311 e. The first-order valence-electron chi connectivity index (χ1n) is 3.30. The highest BCUT2D eigenvalue weighted by Crippen LogP contribution is 3.02. The maximum absolute atomic E-state index is 12.6. The third kappa shape index (κ3) is 2.43. The van der Waals surface area contributed by atoms with Crippen molar-refractivity contribution in [3.05, 3.63) is 23.0 Å². The van der Waals surface area contributed by atoms with Gasteiger partial charge in [-0.25, -0.2) is 4.39 Å². The van der Waals surface area contributed by atoms with E-state index in [-0.39, 0.29) is 12.1 Å². The zero-order valence-electron chi connectivity index (χ0n) is 6.79. The van der Waals surface area contributed by atoms with E-state index in [1.165, 1.54) is 0 Å². The Morgan fingerprint density at radius 3 is 1.93 bits per heavy atom. The number of rotatable bonds is 1. The summed E-state index contributed by atoms with van der Waals surface area (Å²) in [6, 6.07) is 0.0596. The SMILES string of the molecule is Nc1c(F)ccc(S(F)(F)(F)(F)F)c1Cl. The Morgan fingerprint density at radius 2 is 1.53 bits per heavy atom. The van der Waals surface area contributed by atoms with Crippen molar-refractivity contribution >= 4 is 27.5 Å². The third-order valence-corrected chi connectivity index (χ3v) is 3.20. The quantitative estimate of drug-likeness (QED) is 0.580. The summed E-state index contributed by atoms with van der Waals surface area (Å²) >= 11 is 4.93. The molecule has 0 saturated carbocycles. The van der Waals surface area contributed by atoms with Gasteiger partial charge in [-0.3, -0.25) is 0 Å². The van der Waals surface area contributed by atoms with Gasteiger partial charge in [0.15, 0.2) is 0 Å². The minimum atomic E-state index is -9.92. The van der Waals surface area contributed by atoms with Crippen LogP contribution in [0, 0.1) is 5.82 Å². The maximum atomic E-state index is 12.6. The smallest absolute Gasteiger partial charge is 0.311 e. The van der Waals surface area contributed by atoms with Crippen molar-refractivity contribution in [3.8, 4) is 0 Å². The molecule has 88 valence electrons. The van der Waals surface area contributed by atoms with Crippen LogP contribution in [0.4, 0.5) is 29.5 Å². The Labute approximate surface area is 85.5 Å². The van der Waals surface area contributed by atoms with Crippen molar-refractivity contribution < 1.29 is 23.8 Å². The molecule has 2 N–H and O–H groups in total. The van der Waals surface area contributed by atoms with Gasteiger partial charge in [-0.2, -0.15) is 0 Å². The van der Waals surface area contributed by atoms with Crippen molar-refractivity contribution in [2.75, 3.05) is 5.73 Å². The van der Waals surface area contributed by atoms with E-state index in [1.807, 2.05) is 0 Å². The van der Waals surface area contributed by atoms with E-state index < -0.39 is 31.6 Å². The van der Waals surface area contributed by atoms with Crippen LogP contribution in [0.15, 0.2) is 17.0 Å². The molecule has 0 radical (unpaired) electrons. The second-order valence-corrected chi connectivity index (χ2v) is 5.50. The normalized spacial score (nSPS) is 17.0. The molecule has 0 atom stereocenters. The molecule has 15 heavy (non-hydrogen) atoms. The molecule has 0 amide bonds.